The Labute approximate surface area is 187 Å². The number of unbranched alkanes of at least 4 members (excludes halogenated alkanes) is 8. The molecule has 2 rings (SSSR count). The number of aryl methyl sites for hydroxylation is 3. The van der Waals surface area contributed by atoms with Crippen LogP contribution in [0.1, 0.15) is 127 Å². The zero-order valence-electron chi connectivity index (χ0n) is 20.5. The van der Waals surface area contributed by atoms with Gasteiger partial charge in [0.2, 0.25) is 0 Å². The van der Waals surface area contributed by atoms with E-state index in [1.165, 1.54) is 113 Å². The van der Waals surface area contributed by atoms with Crippen molar-refractivity contribution in [2.75, 3.05) is 0 Å². The number of fused-ring (bicyclic) bond motifs is 1. The van der Waals surface area contributed by atoms with Gasteiger partial charge in [-0.15, -0.1) is 0 Å². The largest absolute Gasteiger partial charge is 0.253 e. The molecule has 1 aromatic heterocycles. The van der Waals surface area contributed by atoms with E-state index in [4.69, 9.17) is 4.98 Å². The van der Waals surface area contributed by atoms with Gasteiger partial charge in [-0.05, 0) is 74.1 Å². The van der Waals surface area contributed by atoms with E-state index < -0.39 is 0 Å². The molecule has 0 saturated heterocycles. The summed E-state index contributed by atoms with van der Waals surface area (Å²) in [6, 6.07) is 6.91. The van der Waals surface area contributed by atoms with E-state index in [-0.39, 0.29) is 0 Å². The van der Waals surface area contributed by atoms with Crippen molar-refractivity contribution < 1.29 is 0 Å². The van der Waals surface area contributed by atoms with Crippen LogP contribution in [-0.2, 0) is 25.7 Å². The quantitative estimate of drug-likeness (QED) is 0.252. The predicted molar refractivity (Wildman–Crippen MR) is 135 cm³/mol. The topological polar surface area (TPSA) is 12.9 Å². The summed E-state index contributed by atoms with van der Waals surface area (Å²) >= 11 is 0. The summed E-state index contributed by atoms with van der Waals surface area (Å²) in [5.41, 5.74) is 7.54. The van der Waals surface area contributed by atoms with Gasteiger partial charge in [0.1, 0.15) is 0 Å². The van der Waals surface area contributed by atoms with Gasteiger partial charge in [0, 0.05) is 11.1 Å². The van der Waals surface area contributed by atoms with Crippen LogP contribution in [0.15, 0.2) is 18.2 Å². The number of aromatic nitrogens is 1. The molecular formula is C29H47N. The molecule has 0 bridgehead atoms. The van der Waals surface area contributed by atoms with Gasteiger partial charge in [-0.3, -0.25) is 4.98 Å². The van der Waals surface area contributed by atoms with Crippen LogP contribution in [0.3, 0.4) is 0 Å². The van der Waals surface area contributed by atoms with Crippen LogP contribution in [-0.4, -0.2) is 4.98 Å². The fraction of sp³-hybridized carbons (Fsp3) is 0.690. The Morgan fingerprint density at radius 2 is 1.10 bits per heavy atom. The summed E-state index contributed by atoms with van der Waals surface area (Å²) in [6.45, 7) is 9.23. The first-order chi connectivity index (χ1) is 14.8. The molecular weight excluding hydrogens is 362 g/mol. The fourth-order valence-electron chi connectivity index (χ4n) is 4.76. The number of nitrogens with zero attached hydrogens (tertiary/aromatic N) is 1. The molecule has 1 heterocycles. The van der Waals surface area contributed by atoms with Crippen LogP contribution in [0.2, 0.25) is 0 Å². The van der Waals surface area contributed by atoms with E-state index in [1.807, 2.05) is 0 Å². The minimum absolute atomic E-state index is 1.16. The third-order valence-corrected chi connectivity index (χ3v) is 6.53. The Morgan fingerprint density at radius 1 is 0.567 bits per heavy atom. The van der Waals surface area contributed by atoms with Crippen molar-refractivity contribution in [3.05, 3.63) is 40.6 Å². The maximum Gasteiger partial charge on any atom is 0.0711 e. The fourth-order valence-corrected chi connectivity index (χ4v) is 4.76. The summed E-state index contributed by atoms with van der Waals surface area (Å²) < 4.78 is 0. The summed E-state index contributed by atoms with van der Waals surface area (Å²) in [5, 5.41) is 1.52. The van der Waals surface area contributed by atoms with Gasteiger partial charge in [-0.1, -0.05) is 91.2 Å². The first kappa shape index (κ1) is 24.9. The van der Waals surface area contributed by atoms with Gasteiger partial charge >= 0.3 is 0 Å². The lowest BCUT2D eigenvalue weighted by molar-refractivity contribution is 0.671. The first-order valence-corrected chi connectivity index (χ1v) is 13.2. The van der Waals surface area contributed by atoms with E-state index in [0.717, 1.165) is 6.42 Å². The smallest absolute Gasteiger partial charge is 0.0711 e. The molecule has 1 heteroatoms. The second-order valence-electron chi connectivity index (χ2n) is 9.16. The van der Waals surface area contributed by atoms with Gasteiger partial charge in [0.15, 0.2) is 0 Å². The van der Waals surface area contributed by atoms with E-state index in [1.54, 1.807) is 16.7 Å². The second kappa shape index (κ2) is 14.6. The molecule has 0 spiro atoms. The van der Waals surface area contributed by atoms with Crippen LogP contribution < -0.4 is 0 Å². The van der Waals surface area contributed by atoms with Gasteiger partial charge < -0.3 is 0 Å². The molecule has 2 aromatic rings. The van der Waals surface area contributed by atoms with Crippen molar-refractivity contribution in [2.45, 2.75) is 130 Å². The van der Waals surface area contributed by atoms with E-state index in [9.17, 15) is 0 Å². The Kier molecular flexibility index (Phi) is 12.1. The molecule has 0 aliphatic rings. The van der Waals surface area contributed by atoms with E-state index in [0.29, 0.717) is 0 Å². The summed E-state index contributed by atoms with van der Waals surface area (Å²) in [4.78, 5) is 5.30. The minimum Gasteiger partial charge on any atom is -0.253 e. The van der Waals surface area contributed by atoms with Crippen LogP contribution >= 0.6 is 0 Å². The monoisotopic (exact) mass is 409 g/mol. The summed E-state index contributed by atoms with van der Waals surface area (Å²) in [7, 11) is 0. The highest BCUT2D eigenvalue weighted by molar-refractivity contribution is 5.87. The third-order valence-electron chi connectivity index (χ3n) is 6.53. The predicted octanol–water partition coefficient (Wildman–Crippen LogP) is 9.17. The van der Waals surface area contributed by atoms with Crippen LogP contribution in [0.25, 0.3) is 10.9 Å². The highest BCUT2D eigenvalue weighted by Crippen LogP contribution is 2.31. The highest BCUT2D eigenvalue weighted by Gasteiger charge is 2.17. The normalized spacial score (nSPS) is 11.5. The highest BCUT2D eigenvalue weighted by atomic mass is 14.7. The number of pyridine rings is 1. The number of hydrogen-bond acceptors (Lipinski definition) is 1. The van der Waals surface area contributed by atoms with Crippen LogP contribution in [0.4, 0.5) is 0 Å². The Balaban J connectivity index is 2.53. The lowest BCUT2D eigenvalue weighted by Crippen LogP contribution is -2.08. The van der Waals surface area contributed by atoms with E-state index >= 15 is 0 Å². The molecule has 0 aliphatic carbocycles. The second-order valence-corrected chi connectivity index (χ2v) is 9.16. The Hall–Kier alpha value is -1.37. The van der Waals surface area contributed by atoms with Gasteiger partial charge in [0.25, 0.3) is 0 Å². The average molecular weight is 410 g/mol. The van der Waals surface area contributed by atoms with Crippen molar-refractivity contribution in [3.8, 4) is 0 Å². The van der Waals surface area contributed by atoms with Crippen molar-refractivity contribution in [1.82, 2.24) is 4.98 Å². The first-order valence-electron chi connectivity index (χ1n) is 13.2. The number of hydrogen-bond donors (Lipinski definition) is 0. The SMILES string of the molecule is CCCCCc1nc2cccc(CCCCC)c2c(CCCCC)c1CCCCC. The Bertz CT molecular complexity index is 731. The summed E-state index contributed by atoms with van der Waals surface area (Å²) in [6.07, 6.45) is 20.5. The third kappa shape index (κ3) is 7.40. The molecule has 0 unspecified atom stereocenters. The molecule has 0 atom stereocenters. The maximum absolute atomic E-state index is 5.30. The zero-order chi connectivity index (χ0) is 21.6. The minimum atomic E-state index is 1.16. The number of benzene rings is 1. The molecule has 0 saturated carbocycles. The molecule has 1 nitrogen and oxygen atoms in total. The van der Waals surface area contributed by atoms with E-state index in [2.05, 4.69) is 45.9 Å². The van der Waals surface area contributed by atoms with Gasteiger partial charge in [-0.25, -0.2) is 0 Å². The molecule has 168 valence electrons. The molecule has 0 radical (unpaired) electrons. The van der Waals surface area contributed by atoms with Gasteiger partial charge in [0.05, 0.1) is 5.52 Å². The molecule has 1 aromatic carbocycles. The van der Waals surface area contributed by atoms with Gasteiger partial charge in [-0.2, -0.15) is 0 Å². The number of rotatable bonds is 16. The molecule has 30 heavy (non-hydrogen) atoms. The Morgan fingerprint density at radius 3 is 1.70 bits per heavy atom. The van der Waals surface area contributed by atoms with Crippen LogP contribution in [0.5, 0.6) is 0 Å². The summed E-state index contributed by atoms with van der Waals surface area (Å²) in [5.74, 6) is 0. The molecule has 0 N–H and O–H groups in total. The van der Waals surface area contributed by atoms with Crippen molar-refractivity contribution >= 4 is 10.9 Å². The van der Waals surface area contributed by atoms with Crippen LogP contribution in [0, 0.1) is 0 Å². The lowest BCUT2D eigenvalue weighted by Gasteiger charge is -2.20. The standard InChI is InChI=1S/C29H47N/c1-5-9-13-18-24-19-17-23-28-29(24)26(21-15-11-7-3)25(20-14-10-6-2)27(30-28)22-16-12-8-4/h17,19,23H,5-16,18,20-22H2,1-4H3. The van der Waals surface area contributed by atoms with Crippen molar-refractivity contribution in [3.63, 3.8) is 0 Å². The molecule has 0 aliphatic heterocycles. The molecule has 0 amide bonds. The van der Waals surface area contributed by atoms with Crippen molar-refractivity contribution in [1.29, 1.82) is 0 Å². The van der Waals surface area contributed by atoms with Crippen molar-refractivity contribution in [2.24, 2.45) is 0 Å². The maximum atomic E-state index is 5.30. The zero-order valence-corrected chi connectivity index (χ0v) is 20.5. The lowest BCUT2D eigenvalue weighted by atomic mass is 9.88. The molecule has 0 fully saturated rings. The average Bonchev–Trinajstić information content (AvgIpc) is 2.75.